The van der Waals surface area contributed by atoms with E-state index >= 15 is 0 Å². The maximum absolute atomic E-state index is 9.50. The number of aliphatic hydroxyl groups excluding tert-OH is 1. The molecule has 0 spiro atoms. The molecule has 1 heteroatoms. The minimum atomic E-state index is -0.223. The Balaban J connectivity index is 2.87. The number of rotatable bonds is 4. The molecule has 90 valence electrons. The fourth-order valence-corrected chi connectivity index (χ4v) is 2.48. The van der Waals surface area contributed by atoms with E-state index in [4.69, 9.17) is 0 Å². The summed E-state index contributed by atoms with van der Waals surface area (Å²) in [5, 5.41) is 9.50. The standard InChI is InChI=1S/C15H24O/c1-11-7-6-8-12(2)14(11)10-15(4,5)9-13(3)16/h6-8,13,16H,9-10H2,1-5H3. The molecule has 0 aliphatic rings. The Bertz CT molecular complexity index is 330. The summed E-state index contributed by atoms with van der Waals surface area (Å²) < 4.78 is 0. The van der Waals surface area contributed by atoms with Crippen LogP contribution in [0.1, 0.15) is 43.9 Å². The number of aryl methyl sites for hydroxylation is 2. The van der Waals surface area contributed by atoms with Crippen molar-refractivity contribution in [3.05, 3.63) is 34.9 Å². The lowest BCUT2D eigenvalue weighted by atomic mass is 9.79. The largest absolute Gasteiger partial charge is 0.393 e. The van der Waals surface area contributed by atoms with Gasteiger partial charge in [-0.1, -0.05) is 32.0 Å². The lowest BCUT2D eigenvalue weighted by Crippen LogP contribution is -2.22. The summed E-state index contributed by atoms with van der Waals surface area (Å²) >= 11 is 0. The van der Waals surface area contributed by atoms with E-state index in [0.717, 1.165) is 12.8 Å². The van der Waals surface area contributed by atoms with E-state index < -0.39 is 0 Å². The Morgan fingerprint density at radius 1 is 1.19 bits per heavy atom. The summed E-state index contributed by atoms with van der Waals surface area (Å²) in [6.45, 7) is 10.7. The van der Waals surface area contributed by atoms with Gasteiger partial charge in [0.1, 0.15) is 0 Å². The van der Waals surface area contributed by atoms with Crippen molar-refractivity contribution in [2.45, 2.75) is 53.6 Å². The van der Waals surface area contributed by atoms with Crippen LogP contribution in [0.25, 0.3) is 0 Å². The van der Waals surface area contributed by atoms with E-state index in [9.17, 15) is 5.11 Å². The van der Waals surface area contributed by atoms with Gasteiger partial charge < -0.3 is 5.11 Å². The quantitative estimate of drug-likeness (QED) is 0.821. The molecule has 16 heavy (non-hydrogen) atoms. The molecular weight excluding hydrogens is 196 g/mol. The maximum Gasteiger partial charge on any atom is 0.0517 e. The van der Waals surface area contributed by atoms with Crippen LogP contribution in [-0.4, -0.2) is 11.2 Å². The lowest BCUT2D eigenvalue weighted by Gasteiger charge is -2.27. The van der Waals surface area contributed by atoms with Gasteiger partial charge >= 0.3 is 0 Å². The minimum absolute atomic E-state index is 0.158. The van der Waals surface area contributed by atoms with E-state index in [1.807, 2.05) is 6.92 Å². The first kappa shape index (κ1) is 13.2. The monoisotopic (exact) mass is 220 g/mol. The van der Waals surface area contributed by atoms with Crippen LogP contribution in [0.5, 0.6) is 0 Å². The average Bonchev–Trinajstić information content (AvgIpc) is 2.09. The fraction of sp³-hybridized carbons (Fsp3) is 0.600. The van der Waals surface area contributed by atoms with Crippen molar-refractivity contribution >= 4 is 0 Å². The molecule has 0 saturated heterocycles. The third kappa shape index (κ3) is 3.64. The Morgan fingerprint density at radius 3 is 2.12 bits per heavy atom. The Hall–Kier alpha value is -0.820. The van der Waals surface area contributed by atoms with Crippen molar-refractivity contribution in [2.75, 3.05) is 0 Å². The van der Waals surface area contributed by atoms with Gasteiger partial charge in [-0.05, 0) is 55.7 Å². The zero-order valence-corrected chi connectivity index (χ0v) is 11.2. The van der Waals surface area contributed by atoms with E-state index in [0.29, 0.717) is 0 Å². The molecule has 1 N–H and O–H groups in total. The second kappa shape index (κ2) is 5.01. The summed E-state index contributed by atoms with van der Waals surface area (Å²) in [5.74, 6) is 0. The van der Waals surface area contributed by atoms with Gasteiger partial charge in [-0.3, -0.25) is 0 Å². The molecule has 1 rings (SSSR count). The first-order chi connectivity index (χ1) is 7.32. The third-order valence-corrected chi connectivity index (χ3v) is 3.15. The van der Waals surface area contributed by atoms with Crippen LogP contribution in [0.15, 0.2) is 18.2 Å². The second-order valence-electron chi connectivity index (χ2n) is 5.76. The summed E-state index contributed by atoms with van der Waals surface area (Å²) in [6.07, 6.45) is 1.66. The predicted molar refractivity (Wildman–Crippen MR) is 69.7 cm³/mol. The molecule has 0 heterocycles. The lowest BCUT2D eigenvalue weighted by molar-refractivity contribution is 0.129. The molecule has 1 nitrogen and oxygen atoms in total. The first-order valence-electron chi connectivity index (χ1n) is 6.05. The maximum atomic E-state index is 9.50. The molecule has 0 radical (unpaired) electrons. The van der Waals surface area contributed by atoms with Gasteiger partial charge in [-0.15, -0.1) is 0 Å². The number of aliphatic hydroxyl groups is 1. The molecular formula is C15H24O. The van der Waals surface area contributed by atoms with Gasteiger partial charge in [0.2, 0.25) is 0 Å². The highest BCUT2D eigenvalue weighted by molar-refractivity contribution is 5.34. The van der Waals surface area contributed by atoms with Crippen molar-refractivity contribution in [3.8, 4) is 0 Å². The van der Waals surface area contributed by atoms with Crippen molar-refractivity contribution < 1.29 is 5.11 Å². The summed E-state index contributed by atoms with van der Waals surface area (Å²) in [5.41, 5.74) is 4.32. The summed E-state index contributed by atoms with van der Waals surface area (Å²) in [4.78, 5) is 0. The van der Waals surface area contributed by atoms with Crippen LogP contribution in [0.4, 0.5) is 0 Å². The van der Waals surface area contributed by atoms with Crippen LogP contribution in [0, 0.1) is 19.3 Å². The van der Waals surface area contributed by atoms with Crippen LogP contribution < -0.4 is 0 Å². The van der Waals surface area contributed by atoms with Gasteiger partial charge in [0.25, 0.3) is 0 Å². The van der Waals surface area contributed by atoms with E-state index in [2.05, 4.69) is 45.9 Å². The van der Waals surface area contributed by atoms with Crippen LogP contribution in [0.2, 0.25) is 0 Å². The Kier molecular flexibility index (Phi) is 4.15. The van der Waals surface area contributed by atoms with Crippen molar-refractivity contribution in [1.82, 2.24) is 0 Å². The predicted octanol–water partition coefficient (Wildman–Crippen LogP) is 3.64. The normalized spacial score (nSPS) is 13.9. The van der Waals surface area contributed by atoms with Crippen LogP contribution in [-0.2, 0) is 6.42 Å². The third-order valence-electron chi connectivity index (χ3n) is 3.15. The molecule has 0 aromatic heterocycles. The van der Waals surface area contributed by atoms with Gasteiger partial charge in [0.15, 0.2) is 0 Å². The molecule has 0 amide bonds. The molecule has 0 fully saturated rings. The highest BCUT2D eigenvalue weighted by atomic mass is 16.3. The number of hydrogen-bond acceptors (Lipinski definition) is 1. The van der Waals surface area contributed by atoms with Gasteiger partial charge in [0, 0.05) is 0 Å². The highest BCUT2D eigenvalue weighted by Crippen LogP contribution is 2.30. The average molecular weight is 220 g/mol. The van der Waals surface area contributed by atoms with E-state index in [-0.39, 0.29) is 11.5 Å². The zero-order chi connectivity index (χ0) is 12.3. The van der Waals surface area contributed by atoms with E-state index in [1.165, 1.54) is 16.7 Å². The van der Waals surface area contributed by atoms with Gasteiger partial charge in [-0.25, -0.2) is 0 Å². The molecule has 0 saturated carbocycles. The van der Waals surface area contributed by atoms with Crippen molar-refractivity contribution in [3.63, 3.8) is 0 Å². The topological polar surface area (TPSA) is 20.2 Å². The highest BCUT2D eigenvalue weighted by Gasteiger charge is 2.22. The Morgan fingerprint density at radius 2 is 1.69 bits per heavy atom. The smallest absolute Gasteiger partial charge is 0.0517 e. The number of benzene rings is 1. The van der Waals surface area contributed by atoms with E-state index in [1.54, 1.807) is 0 Å². The SMILES string of the molecule is Cc1cccc(C)c1CC(C)(C)CC(C)O. The molecule has 1 aromatic rings. The first-order valence-corrected chi connectivity index (χ1v) is 6.05. The fourth-order valence-electron chi connectivity index (χ4n) is 2.48. The summed E-state index contributed by atoms with van der Waals surface area (Å²) in [6, 6.07) is 6.44. The van der Waals surface area contributed by atoms with Crippen LogP contribution in [0.3, 0.4) is 0 Å². The summed E-state index contributed by atoms with van der Waals surface area (Å²) in [7, 11) is 0. The molecule has 1 aromatic carbocycles. The zero-order valence-electron chi connectivity index (χ0n) is 11.2. The molecule has 0 aliphatic carbocycles. The van der Waals surface area contributed by atoms with Gasteiger partial charge in [-0.2, -0.15) is 0 Å². The minimum Gasteiger partial charge on any atom is -0.393 e. The molecule has 1 unspecified atom stereocenters. The van der Waals surface area contributed by atoms with Gasteiger partial charge in [0.05, 0.1) is 6.10 Å². The van der Waals surface area contributed by atoms with Crippen molar-refractivity contribution in [2.24, 2.45) is 5.41 Å². The molecule has 1 atom stereocenters. The molecule has 0 bridgehead atoms. The van der Waals surface area contributed by atoms with Crippen molar-refractivity contribution in [1.29, 1.82) is 0 Å². The molecule has 0 aliphatic heterocycles. The second-order valence-corrected chi connectivity index (χ2v) is 5.76. The Labute approximate surface area is 99.5 Å². The number of hydrogen-bond donors (Lipinski definition) is 1. The van der Waals surface area contributed by atoms with Crippen LogP contribution >= 0.6 is 0 Å².